The van der Waals surface area contributed by atoms with Crippen LogP contribution in [0.1, 0.15) is 12.1 Å². The Morgan fingerprint density at radius 3 is 2.65 bits per heavy atom. The smallest absolute Gasteiger partial charge is 0.336 e. The summed E-state index contributed by atoms with van der Waals surface area (Å²) in [6.07, 6.45) is 0.479. The molecule has 0 aliphatic heterocycles. The highest BCUT2D eigenvalue weighted by atomic mass is 32.2. The van der Waals surface area contributed by atoms with Crippen molar-refractivity contribution < 1.29 is 12.8 Å². The van der Waals surface area contributed by atoms with Gasteiger partial charge >= 0.3 is 5.63 Å². The first-order valence-electron chi connectivity index (χ1n) is 8.07. The van der Waals surface area contributed by atoms with E-state index in [9.17, 15) is 18.0 Å². The maximum absolute atomic E-state index is 12.4. The Morgan fingerprint density at radius 2 is 1.88 bits per heavy atom. The van der Waals surface area contributed by atoms with Crippen LogP contribution in [0.3, 0.4) is 0 Å². The van der Waals surface area contributed by atoms with Crippen LogP contribution in [0.15, 0.2) is 67.4 Å². The Balaban J connectivity index is 1.68. The van der Waals surface area contributed by atoms with Gasteiger partial charge in [-0.1, -0.05) is 6.07 Å². The number of sulfonamides is 1. The molecule has 0 spiro atoms. The third-order valence-corrected chi connectivity index (χ3v) is 5.48. The van der Waals surface area contributed by atoms with Gasteiger partial charge in [-0.2, -0.15) is 0 Å². The quantitative estimate of drug-likeness (QED) is 0.522. The van der Waals surface area contributed by atoms with E-state index in [0.29, 0.717) is 23.9 Å². The lowest BCUT2D eigenvalue weighted by Gasteiger charge is -2.10. The molecule has 0 saturated carbocycles. The highest BCUT2D eigenvalue weighted by Gasteiger charge is 2.14. The summed E-state index contributed by atoms with van der Waals surface area (Å²) in [5.41, 5.74) is 0.563. The van der Waals surface area contributed by atoms with E-state index in [2.05, 4.69) is 4.72 Å². The lowest BCUT2D eigenvalue weighted by Crippen LogP contribution is -2.27. The van der Waals surface area contributed by atoms with E-state index in [0.717, 1.165) is 5.69 Å². The minimum Gasteiger partial charge on any atom is -0.423 e. The molecule has 7 nitrogen and oxygen atoms in total. The number of hydrogen-bond donors (Lipinski definition) is 1. The summed E-state index contributed by atoms with van der Waals surface area (Å²) in [5.74, 6) is 0. The van der Waals surface area contributed by atoms with E-state index in [1.165, 1.54) is 36.4 Å². The van der Waals surface area contributed by atoms with Crippen molar-refractivity contribution in [2.45, 2.75) is 24.8 Å². The van der Waals surface area contributed by atoms with E-state index in [4.69, 9.17) is 4.42 Å². The predicted molar refractivity (Wildman–Crippen MR) is 97.7 cm³/mol. The number of aryl methyl sites for hydroxylation is 1. The molecule has 1 N–H and O–H groups in total. The molecule has 0 radical (unpaired) electrons. The first-order chi connectivity index (χ1) is 12.4. The third kappa shape index (κ3) is 3.92. The van der Waals surface area contributed by atoms with Crippen LogP contribution in [-0.4, -0.2) is 19.5 Å². The maximum Gasteiger partial charge on any atom is 0.336 e. The van der Waals surface area contributed by atoms with Crippen molar-refractivity contribution >= 4 is 21.0 Å². The molecule has 3 rings (SSSR count). The second kappa shape index (κ2) is 7.27. The topological polar surface area (TPSA) is 98.4 Å². The Hall–Kier alpha value is -2.71. The summed E-state index contributed by atoms with van der Waals surface area (Å²) >= 11 is 0. The Bertz CT molecular complexity index is 1160. The molecule has 1 aromatic carbocycles. The van der Waals surface area contributed by atoms with Crippen LogP contribution in [0.25, 0.3) is 11.0 Å². The number of nitrogens with one attached hydrogen (secondary N) is 1. The van der Waals surface area contributed by atoms with Crippen molar-refractivity contribution in [3.05, 3.63) is 75.0 Å². The number of aromatic nitrogens is 1. The van der Waals surface area contributed by atoms with Gasteiger partial charge in [-0.05, 0) is 43.7 Å². The predicted octanol–water partition coefficient (Wildman–Crippen LogP) is 1.63. The van der Waals surface area contributed by atoms with Gasteiger partial charge in [-0.15, -0.1) is 0 Å². The number of benzene rings is 1. The Kier molecular flexibility index (Phi) is 5.06. The van der Waals surface area contributed by atoms with E-state index in [-0.39, 0.29) is 17.0 Å². The monoisotopic (exact) mass is 374 g/mol. The van der Waals surface area contributed by atoms with Crippen LogP contribution in [0, 0.1) is 6.92 Å². The summed E-state index contributed by atoms with van der Waals surface area (Å²) in [6, 6.07) is 12.1. The molecular weight excluding hydrogens is 356 g/mol. The summed E-state index contributed by atoms with van der Waals surface area (Å²) in [4.78, 5) is 23.1. The molecule has 0 bridgehead atoms. The van der Waals surface area contributed by atoms with Gasteiger partial charge in [0.1, 0.15) is 5.58 Å². The lowest BCUT2D eigenvalue weighted by molar-refractivity contribution is 0.559. The molecule has 3 aromatic rings. The number of pyridine rings is 1. The first-order valence-corrected chi connectivity index (χ1v) is 9.55. The minimum absolute atomic E-state index is 0.0897. The summed E-state index contributed by atoms with van der Waals surface area (Å²) in [7, 11) is -3.69. The van der Waals surface area contributed by atoms with Crippen molar-refractivity contribution in [3.63, 3.8) is 0 Å². The zero-order valence-corrected chi connectivity index (χ0v) is 15.0. The SMILES string of the molecule is Cc1cccc(=O)n1CCCNS(=O)(=O)c1ccc2oc(=O)ccc2c1. The first kappa shape index (κ1) is 18.1. The molecule has 136 valence electrons. The molecule has 2 heterocycles. The zero-order valence-electron chi connectivity index (χ0n) is 14.1. The van der Waals surface area contributed by atoms with Gasteiger partial charge in [0.2, 0.25) is 10.0 Å². The fourth-order valence-electron chi connectivity index (χ4n) is 2.65. The van der Waals surface area contributed by atoms with Crippen LogP contribution < -0.4 is 15.9 Å². The van der Waals surface area contributed by atoms with Gasteiger partial charge < -0.3 is 8.98 Å². The normalized spacial score (nSPS) is 11.7. The molecule has 0 amide bonds. The van der Waals surface area contributed by atoms with Crippen LogP contribution in [-0.2, 0) is 16.6 Å². The van der Waals surface area contributed by atoms with Crippen molar-refractivity contribution in [3.8, 4) is 0 Å². The number of nitrogens with zero attached hydrogens (tertiary/aromatic N) is 1. The largest absolute Gasteiger partial charge is 0.423 e. The standard InChI is InChI=1S/C18H18N2O5S/c1-13-4-2-5-17(21)20(13)11-3-10-19-26(23,24)15-7-8-16-14(12-15)6-9-18(22)25-16/h2,4-9,12,19H,3,10-11H2,1H3. The molecule has 0 fully saturated rings. The second-order valence-corrected chi connectivity index (χ2v) is 7.63. The van der Waals surface area contributed by atoms with E-state index < -0.39 is 15.6 Å². The van der Waals surface area contributed by atoms with Crippen molar-refractivity contribution in [1.29, 1.82) is 0 Å². The van der Waals surface area contributed by atoms with Crippen molar-refractivity contribution in [2.24, 2.45) is 0 Å². The number of fused-ring (bicyclic) bond motifs is 1. The Labute approximate surface area is 149 Å². The van der Waals surface area contributed by atoms with Crippen LogP contribution in [0.5, 0.6) is 0 Å². The van der Waals surface area contributed by atoms with Gasteiger partial charge in [0.05, 0.1) is 4.90 Å². The molecule has 8 heteroatoms. The minimum atomic E-state index is -3.69. The van der Waals surface area contributed by atoms with E-state index in [1.807, 2.05) is 13.0 Å². The van der Waals surface area contributed by atoms with Gasteiger partial charge in [0, 0.05) is 36.3 Å². The Morgan fingerprint density at radius 1 is 1.08 bits per heavy atom. The highest BCUT2D eigenvalue weighted by Crippen LogP contribution is 2.17. The van der Waals surface area contributed by atoms with Crippen LogP contribution in [0.2, 0.25) is 0 Å². The highest BCUT2D eigenvalue weighted by molar-refractivity contribution is 7.89. The summed E-state index contributed by atoms with van der Waals surface area (Å²) in [5, 5.41) is 0.527. The van der Waals surface area contributed by atoms with Gasteiger partial charge in [0.15, 0.2) is 0 Å². The van der Waals surface area contributed by atoms with E-state index >= 15 is 0 Å². The van der Waals surface area contributed by atoms with Gasteiger partial charge in [-0.3, -0.25) is 4.79 Å². The average molecular weight is 374 g/mol. The van der Waals surface area contributed by atoms with Crippen LogP contribution >= 0.6 is 0 Å². The molecule has 0 atom stereocenters. The molecule has 0 aliphatic rings. The molecule has 0 unspecified atom stereocenters. The number of hydrogen-bond acceptors (Lipinski definition) is 5. The van der Waals surface area contributed by atoms with Crippen molar-refractivity contribution in [1.82, 2.24) is 9.29 Å². The fourth-order valence-corrected chi connectivity index (χ4v) is 3.76. The zero-order chi connectivity index (χ0) is 18.7. The molecular formula is C18H18N2O5S. The second-order valence-electron chi connectivity index (χ2n) is 5.86. The third-order valence-electron chi connectivity index (χ3n) is 4.02. The maximum atomic E-state index is 12.4. The molecule has 26 heavy (non-hydrogen) atoms. The van der Waals surface area contributed by atoms with Crippen molar-refractivity contribution in [2.75, 3.05) is 6.54 Å². The van der Waals surface area contributed by atoms with Crippen LogP contribution in [0.4, 0.5) is 0 Å². The number of rotatable bonds is 6. The lowest BCUT2D eigenvalue weighted by atomic mass is 10.2. The summed E-state index contributed by atoms with van der Waals surface area (Å²) < 4.78 is 34.0. The summed E-state index contributed by atoms with van der Waals surface area (Å²) in [6.45, 7) is 2.46. The molecule has 2 aromatic heterocycles. The van der Waals surface area contributed by atoms with E-state index in [1.54, 1.807) is 10.6 Å². The average Bonchev–Trinajstić information content (AvgIpc) is 2.60. The fraction of sp³-hybridized carbons (Fsp3) is 0.222. The molecule has 0 saturated heterocycles. The van der Waals surface area contributed by atoms with Gasteiger partial charge in [0.25, 0.3) is 5.56 Å². The van der Waals surface area contributed by atoms with Gasteiger partial charge in [-0.25, -0.2) is 17.9 Å². The molecule has 0 aliphatic carbocycles.